The van der Waals surface area contributed by atoms with E-state index in [1.165, 1.54) is 23.9 Å². The normalized spacial score (nSPS) is 23.2. The van der Waals surface area contributed by atoms with Crippen LogP contribution in [0.3, 0.4) is 0 Å². The van der Waals surface area contributed by atoms with Crippen molar-refractivity contribution in [1.82, 2.24) is 9.73 Å². The van der Waals surface area contributed by atoms with E-state index in [1.54, 1.807) is 6.92 Å². The van der Waals surface area contributed by atoms with Crippen molar-refractivity contribution in [1.29, 1.82) is 0 Å². The van der Waals surface area contributed by atoms with Gasteiger partial charge >= 0.3 is 0 Å². The molecule has 7 nitrogen and oxygen atoms in total. The number of nitrogens with zero attached hydrogens (tertiary/aromatic N) is 2. The summed E-state index contributed by atoms with van der Waals surface area (Å²) >= 11 is 11.6. The molecule has 1 aromatic carbocycles. The minimum absolute atomic E-state index is 0.0713. The van der Waals surface area contributed by atoms with E-state index in [0.29, 0.717) is 10.6 Å². The van der Waals surface area contributed by atoms with Crippen LogP contribution in [0.15, 0.2) is 37.4 Å². The lowest BCUT2D eigenvalue weighted by Crippen LogP contribution is -2.57. The Hall–Kier alpha value is -1.20. The SMILES string of the molecule is CC1=C(C)C2C(=O)N(N)C(NS(=O)(=O)c3cc(C)c(Cl)cc3S)=NC2S1. The first-order valence-corrected chi connectivity index (χ1v) is 10.7. The largest absolute Gasteiger partial charge is 0.272 e. The molecule has 26 heavy (non-hydrogen) atoms. The molecule has 140 valence electrons. The molecule has 3 rings (SSSR count). The van der Waals surface area contributed by atoms with E-state index in [0.717, 1.165) is 15.5 Å². The lowest BCUT2D eigenvalue weighted by molar-refractivity contribution is -0.131. The molecule has 2 aliphatic heterocycles. The molecule has 2 unspecified atom stereocenters. The molecule has 0 aromatic heterocycles. The summed E-state index contributed by atoms with van der Waals surface area (Å²) < 4.78 is 27.8. The molecule has 1 amide bonds. The molecule has 2 heterocycles. The summed E-state index contributed by atoms with van der Waals surface area (Å²) in [5.41, 5.74) is 1.48. The number of sulfonamides is 1. The molecule has 3 N–H and O–H groups in total. The van der Waals surface area contributed by atoms with Crippen molar-refractivity contribution in [2.75, 3.05) is 0 Å². The molecule has 2 atom stereocenters. The van der Waals surface area contributed by atoms with Gasteiger partial charge in [0.05, 0.1) is 5.92 Å². The summed E-state index contributed by atoms with van der Waals surface area (Å²) in [5, 5.41) is 0.728. The molecular weight excluding hydrogens is 416 g/mol. The summed E-state index contributed by atoms with van der Waals surface area (Å²) in [6.07, 6.45) is 0. The van der Waals surface area contributed by atoms with Gasteiger partial charge in [-0.1, -0.05) is 11.6 Å². The van der Waals surface area contributed by atoms with Gasteiger partial charge in [-0.3, -0.25) is 4.79 Å². The molecule has 2 aliphatic rings. The van der Waals surface area contributed by atoms with E-state index in [9.17, 15) is 13.2 Å². The third-order valence-electron chi connectivity index (χ3n) is 4.34. The number of hydrazine groups is 1. The highest BCUT2D eigenvalue weighted by Gasteiger charge is 2.44. The molecule has 0 saturated carbocycles. The molecular formula is C15H17ClN4O3S3. The first-order valence-electron chi connectivity index (χ1n) is 7.55. The maximum Gasteiger partial charge on any atom is 0.265 e. The van der Waals surface area contributed by atoms with E-state index >= 15 is 0 Å². The van der Waals surface area contributed by atoms with Gasteiger partial charge in [-0.05, 0) is 48.9 Å². The van der Waals surface area contributed by atoms with Gasteiger partial charge in [0, 0.05) is 9.92 Å². The van der Waals surface area contributed by atoms with Gasteiger partial charge < -0.3 is 0 Å². The maximum atomic E-state index is 12.8. The topological polar surface area (TPSA) is 105 Å². The minimum Gasteiger partial charge on any atom is -0.272 e. The Morgan fingerprint density at radius 1 is 1.35 bits per heavy atom. The van der Waals surface area contributed by atoms with Crippen LogP contribution in [0.4, 0.5) is 0 Å². The first-order chi connectivity index (χ1) is 12.0. The van der Waals surface area contributed by atoms with Crippen LogP contribution in [0, 0.1) is 12.8 Å². The van der Waals surface area contributed by atoms with Gasteiger partial charge in [-0.15, -0.1) is 24.4 Å². The Morgan fingerprint density at radius 2 is 2.00 bits per heavy atom. The highest BCUT2D eigenvalue weighted by molar-refractivity contribution is 8.04. The van der Waals surface area contributed by atoms with Crippen molar-refractivity contribution in [2.24, 2.45) is 16.8 Å². The lowest BCUT2D eigenvalue weighted by atomic mass is 9.98. The average molecular weight is 433 g/mol. The zero-order valence-electron chi connectivity index (χ0n) is 14.1. The fourth-order valence-electron chi connectivity index (χ4n) is 2.73. The van der Waals surface area contributed by atoms with Crippen LogP contribution in [0.25, 0.3) is 0 Å². The van der Waals surface area contributed by atoms with Crippen LogP contribution in [-0.2, 0) is 14.8 Å². The number of allylic oxidation sites excluding steroid dienone is 1. The molecule has 0 aliphatic carbocycles. The Morgan fingerprint density at radius 3 is 2.65 bits per heavy atom. The fraction of sp³-hybridized carbons (Fsp3) is 0.333. The van der Waals surface area contributed by atoms with Crippen molar-refractivity contribution >= 4 is 57.9 Å². The van der Waals surface area contributed by atoms with E-state index in [2.05, 4.69) is 22.3 Å². The summed E-state index contributed by atoms with van der Waals surface area (Å²) in [4.78, 5) is 18.0. The number of thiol groups is 1. The number of hydrogen-bond acceptors (Lipinski definition) is 7. The molecule has 11 heteroatoms. The van der Waals surface area contributed by atoms with Gasteiger partial charge in [0.15, 0.2) is 0 Å². The number of nitrogens with two attached hydrogens (primary N) is 1. The average Bonchev–Trinajstić information content (AvgIpc) is 2.82. The van der Waals surface area contributed by atoms with Crippen LogP contribution in [-0.4, -0.2) is 30.7 Å². The number of amides is 1. The number of benzene rings is 1. The quantitative estimate of drug-likeness (QED) is 0.377. The van der Waals surface area contributed by atoms with Crippen LogP contribution in [0.5, 0.6) is 0 Å². The molecule has 0 fully saturated rings. The number of carbonyl (C=O) groups excluding carboxylic acids is 1. The number of guanidine groups is 1. The van der Waals surface area contributed by atoms with Crippen molar-refractivity contribution in [3.05, 3.63) is 33.2 Å². The summed E-state index contributed by atoms with van der Waals surface area (Å²) in [6.45, 7) is 5.44. The smallest absolute Gasteiger partial charge is 0.265 e. The molecule has 0 radical (unpaired) electrons. The van der Waals surface area contributed by atoms with E-state index in [1.807, 2.05) is 13.8 Å². The number of fused-ring (bicyclic) bond motifs is 1. The summed E-state index contributed by atoms with van der Waals surface area (Å²) in [6, 6.07) is 2.85. The van der Waals surface area contributed by atoms with E-state index in [4.69, 9.17) is 17.4 Å². The van der Waals surface area contributed by atoms with Crippen molar-refractivity contribution in [2.45, 2.75) is 35.9 Å². The Kier molecular flexibility index (Phi) is 5.08. The zero-order valence-corrected chi connectivity index (χ0v) is 17.4. The van der Waals surface area contributed by atoms with E-state index in [-0.39, 0.29) is 15.8 Å². The van der Waals surface area contributed by atoms with Crippen molar-refractivity contribution in [3.8, 4) is 0 Å². The number of carbonyl (C=O) groups is 1. The Labute approximate surface area is 166 Å². The summed E-state index contributed by atoms with van der Waals surface area (Å²) in [5.74, 6) is 4.73. The molecule has 1 aromatic rings. The zero-order chi connectivity index (χ0) is 19.4. The van der Waals surface area contributed by atoms with Crippen LogP contribution in [0.1, 0.15) is 19.4 Å². The second kappa shape index (κ2) is 6.75. The standard InChI is InChI=1S/C15H17ClN4O3S3/c1-6-4-11(10(24)5-9(6)16)26(22,23)19-15-18-13-12(14(21)20(15)17)7(2)8(3)25-13/h4-5,12-13,24H,17H2,1-3H3,(H,18,19). The van der Waals surface area contributed by atoms with Crippen LogP contribution in [0.2, 0.25) is 5.02 Å². The molecule has 0 saturated heterocycles. The molecule has 0 bridgehead atoms. The number of rotatable bonds is 2. The number of halogens is 1. The minimum atomic E-state index is -4.05. The predicted octanol–water partition coefficient (Wildman–Crippen LogP) is 2.27. The Balaban J connectivity index is 1.96. The fourth-order valence-corrected chi connectivity index (χ4v) is 5.98. The van der Waals surface area contributed by atoms with Gasteiger partial charge in [0.25, 0.3) is 15.9 Å². The maximum absolute atomic E-state index is 12.8. The second-order valence-corrected chi connectivity index (χ2v) is 9.93. The van der Waals surface area contributed by atoms with Gasteiger partial charge in [0.2, 0.25) is 5.96 Å². The monoisotopic (exact) mass is 432 g/mol. The van der Waals surface area contributed by atoms with Crippen LogP contribution < -0.4 is 10.6 Å². The van der Waals surface area contributed by atoms with Crippen molar-refractivity contribution < 1.29 is 13.2 Å². The number of hydrogen-bond donors (Lipinski definition) is 3. The van der Waals surface area contributed by atoms with Gasteiger partial charge in [0.1, 0.15) is 10.3 Å². The highest BCUT2D eigenvalue weighted by Crippen LogP contribution is 2.44. The van der Waals surface area contributed by atoms with Gasteiger partial charge in [-0.2, -0.15) is 0 Å². The lowest BCUT2D eigenvalue weighted by Gasteiger charge is -2.30. The predicted molar refractivity (Wildman–Crippen MR) is 105 cm³/mol. The van der Waals surface area contributed by atoms with Gasteiger partial charge in [-0.25, -0.2) is 29.0 Å². The first kappa shape index (κ1) is 19.6. The van der Waals surface area contributed by atoms with E-state index < -0.39 is 27.2 Å². The molecule has 0 spiro atoms. The third kappa shape index (κ3) is 3.24. The third-order valence-corrected chi connectivity index (χ3v) is 7.93. The number of nitrogens with one attached hydrogen (secondary N) is 1. The second-order valence-electron chi connectivity index (χ2n) is 6.06. The summed E-state index contributed by atoms with van der Waals surface area (Å²) in [7, 11) is -4.05. The number of thioether (sulfide) groups is 1. The van der Waals surface area contributed by atoms with Crippen LogP contribution >= 0.6 is 36.0 Å². The van der Waals surface area contributed by atoms with Crippen molar-refractivity contribution in [3.63, 3.8) is 0 Å². The number of aryl methyl sites for hydroxylation is 1. The Bertz CT molecular complexity index is 975. The highest BCUT2D eigenvalue weighted by atomic mass is 35.5. The number of aliphatic imine (C=N–C) groups is 1.